The summed E-state index contributed by atoms with van der Waals surface area (Å²) in [6, 6.07) is 3.28. The van der Waals surface area contributed by atoms with Crippen LogP contribution in [0.15, 0.2) is 45.4 Å². The number of anilines is 1. The number of cyclic esters (lactones) is 1. The molecule has 0 saturated heterocycles. The largest absolute Gasteiger partial charge is 0.458 e. The average Bonchev–Trinajstić information content (AvgIpc) is 1.91. The van der Waals surface area contributed by atoms with Crippen molar-refractivity contribution in [2.75, 3.05) is 124 Å². The lowest BCUT2D eigenvalue weighted by Crippen LogP contribution is -2.53. The Labute approximate surface area is 478 Å². The number of aliphatic hydroxyl groups is 1. The van der Waals surface area contributed by atoms with Crippen LogP contribution < -0.4 is 26.8 Å². The number of fused-ring (bicyclic) bond motifs is 5. The standard InChI is InChI=1S/C56H73N7O18S/c1-5-56(72)40-32-43-50-38(33-63(43)54(70)39(40)34-81-55(56)71)37-12-31-82-51-42(7-6-41(59-50)48(37)51)60-52(68)36(4)58-53(69)49(35(2)3)61-45(65)11-15-73-17-19-75-21-23-77-25-27-79-29-30-80-28-26-78-24-22-76-20-18-74-16-13-57-44(64)10-14-62-46(66)8-9-47(62)67/h6-9,12,31-32,35-36,49,72H,5,10-11,13-30,33-34H2,1-4H3,(H,57,64)(H,58,69)(H,60,68)(H,61,65)/t36-,49-,56-/m0/s1. The van der Waals surface area contributed by atoms with Crippen LogP contribution >= 0.6 is 11.8 Å². The van der Waals surface area contributed by atoms with E-state index < -0.39 is 47.3 Å². The zero-order valence-electron chi connectivity index (χ0n) is 46.7. The molecule has 3 aromatic rings. The minimum absolute atomic E-state index is 0.00817. The fraction of sp³-hybridized carbons (Fsp3) is 0.554. The fourth-order valence-electron chi connectivity index (χ4n) is 9.16. The summed E-state index contributed by atoms with van der Waals surface area (Å²) >= 11 is 1.40. The van der Waals surface area contributed by atoms with Crippen molar-refractivity contribution in [3.05, 3.63) is 68.4 Å². The molecule has 6 heterocycles. The quantitative estimate of drug-likeness (QED) is 0.0244. The van der Waals surface area contributed by atoms with Crippen molar-refractivity contribution < 1.29 is 81.3 Å². The zero-order valence-corrected chi connectivity index (χ0v) is 47.5. The molecule has 4 aliphatic heterocycles. The van der Waals surface area contributed by atoms with Gasteiger partial charge in [-0.15, -0.1) is 0 Å². The summed E-state index contributed by atoms with van der Waals surface area (Å²) in [5.74, 6) is -3.57. The van der Waals surface area contributed by atoms with Gasteiger partial charge in [0.15, 0.2) is 5.60 Å². The number of hydrogen-bond donors (Lipinski definition) is 5. The predicted molar refractivity (Wildman–Crippen MR) is 297 cm³/mol. The van der Waals surface area contributed by atoms with Gasteiger partial charge in [0.25, 0.3) is 17.4 Å². The maximum absolute atomic E-state index is 13.8. The Hall–Kier alpha value is -6.46. The third-order valence-corrected chi connectivity index (χ3v) is 14.6. The molecule has 7 rings (SSSR count). The summed E-state index contributed by atoms with van der Waals surface area (Å²) in [5, 5.41) is 25.1. The second-order valence-corrected chi connectivity index (χ2v) is 20.5. The Morgan fingerprint density at radius 3 is 1.87 bits per heavy atom. The summed E-state index contributed by atoms with van der Waals surface area (Å²) in [5.41, 5.74) is 1.94. The monoisotopic (exact) mass is 1160 g/mol. The number of nitrogens with one attached hydrogen (secondary N) is 4. The van der Waals surface area contributed by atoms with E-state index >= 15 is 0 Å². The molecule has 82 heavy (non-hydrogen) atoms. The highest BCUT2D eigenvalue weighted by atomic mass is 32.2. The Morgan fingerprint density at radius 1 is 0.720 bits per heavy atom. The topological polar surface area (TPSA) is 309 Å². The van der Waals surface area contributed by atoms with Gasteiger partial charge in [-0.05, 0) is 54.5 Å². The minimum atomic E-state index is -1.95. The van der Waals surface area contributed by atoms with E-state index in [9.17, 15) is 43.5 Å². The van der Waals surface area contributed by atoms with Crippen LogP contribution in [-0.4, -0.2) is 192 Å². The van der Waals surface area contributed by atoms with Crippen LogP contribution in [0.25, 0.3) is 28.4 Å². The molecule has 0 fully saturated rings. The molecule has 1 aromatic carbocycles. The smallest absolute Gasteiger partial charge is 0.343 e. The summed E-state index contributed by atoms with van der Waals surface area (Å²) < 4.78 is 50.8. The first kappa shape index (κ1) is 63.1. The maximum Gasteiger partial charge on any atom is 0.343 e. The molecule has 0 bridgehead atoms. The molecule has 446 valence electrons. The van der Waals surface area contributed by atoms with Crippen LogP contribution in [-0.2, 0) is 94.9 Å². The molecule has 0 saturated carbocycles. The van der Waals surface area contributed by atoms with Gasteiger partial charge in [0.2, 0.25) is 23.6 Å². The van der Waals surface area contributed by atoms with E-state index in [4.69, 9.17) is 47.6 Å². The van der Waals surface area contributed by atoms with Gasteiger partial charge in [-0.25, -0.2) is 9.78 Å². The van der Waals surface area contributed by atoms with Crippen LogP contribution in [0.5, 0.6) is 0 Å². The number of benzene rings is 1. The molecular formula is C56H73N7O18S. The van der Waals surface area contributed by atoms with Crippen molar-refractivity contribution in [1.29, 1.82) is 0 Å². The molecule has 26 heteroatoms. The van der Waals surface area contributed by atoms with E-state index in [1.165, 1.54) is 23.9 Å². The van der Waals surface area contributed by atoms with Crippen molar-refractivity contribution in [2.45, 2.75) is 82.7 Å². The lowest BCUT2D eigenvalue weighted by atomic mass is 9.86. The van der Waals surface area contributed by atoms with Gasteiger partial charge < -0.3 is 73.6 Å². The Bertz CT molecular complexity index is 2900. The highest BCUT2D eigenvalue weighted by Crippen LogP contribution is 2.46. The second kappa shape index (κ2) is 31.3. The van der Waals surface area contributed by atoms with E-state index in [1.807, 2.05) is 11.5 Å². The summed E-state index contributed by atoms with van der Waals surface area (Å²) in [4.78, 5) is 108. The van der Waals surface area contributed by atoms with Crippen molar-refractivity contribution in [3.63, 3.8) is 0 Å². The summed E-state index contributed by atoms with van der Waals surface area (Å²) in [6.45, 7) is 12.7. The van der Waals surface area contributed by atoms with E-state index in [-0.39, 0.29) is 86.6 Å². The number of esters is 1. The molecule has 0 radical (unpaired) electrons. The number of ether oxygens (including phenoxy) is 9. The molecule has 2 aromatic heterocycles. The van der Waals surface area contributed by atoms with Gasteiger partial charge in [0.1, 0.15) is 18.7 Å². The molecule has 4 aliphatic rings. The molecule has 3 atom stereocenters. The Morgan fingerprint density at radius 2 is 1.29 bits per heavy atom. The molecular weight excluding hydrogens is 1090 g/mol. The van der Waals surface area contributed by atoms with Gasteiger partial charge in [-0.1, -0.05) is 32.5 Å². The van der Waals surface area contributed by atoms with Crippen molar-refractivity contribution in [3.8, 4) is 11.4 Å². The first-order chi connectivity index (χ1) is 39.6. The van der Waals surface area contributed by atoms with Gasteiger partial charge in [-0.3, -0.25) is 38.5 Å². The van der Waals surface area contributed by atoms with E-state index in [0.717, 1.165) is 26.3 Å². The van der Waals surface area contributed by atoms with Crippen LogP contribution in [0, 0.1) is 5.92 Å². The Balaban J connectivity index is 0.676. The molecule has 25 nitrogen and oxygen atoms in total. The number of rotatable bonds is 37. The van der Waals surface area contributed by atoms with Crippen LogP contribution in [0.3, 0.4) is 0 Å². The number of carbonyl (C=O) groups is 7. The highest BCUT2D eigenvalue weighted by Gasteiger charge is 2.45. The van der Waals surface area contributed by atoms with E-state index in [1.54, 1.807) is 50.5 Å². The SMILES string of the molecule is CC[C@@]1(O)C(=O)OCc2c1cc1n(c2=O)Cc2c-1nc1ccc(NC(=O)[C@H](C)NC(=O)[C@@H](NC(=O)CCOCCOCCOCCOCCOCCOCCOCCOCCNC(=O)CCN3C(=O)C=CC3=O)C(C)C)c3c1c2C=CS3. The molecule has 0 spiro atoms. The highest BCUT2D eigenvalue weighted by molar-refractivity contribution is 8.02. The van der Waals surface area contributed by atoms with Gasteiger partial charge >= 0.3 is 5.97 Å². The lowest BCUT2D eigenvalue weighted by Gasteiger charge is -2.31. The number of carbonyl (C=O) groups excluding carboxylic acids is 7. The molecule has 6 amide bonds. The first-order valence-electron chi connectivity index (χ1n) is 27.5. The van der Waals surface area contributed by atoms with Crippen LogP contribution in [0.2, 0.25) is 0 Å². The van der Waals surface area contributed by atoms with Crippen LogP contribution in [0.4, 0.5) is 5.69 Å². The van der Waals surface area contributed by atoms with Crippen molar-refractivity contribution in [2.24, 2.45) is 5.92 Å². The zero-order chi connectivity index (χ0) is 58.6. The predicted octanol–water partition coefficient (Wildman–Crippen LogP) is 1.69. The van der Waals surface area contributed by atoms with Crippen molar-refractivity contribution in [1.82, 2.24) is 30.4 Å². The van der Waals surface area contributed by atoms with E-state index in [0.29, 0.717) is 122 Å². The number of thioether (sulfide) groups is 1. The van der Waals surface area contributed by atoms with Gasteiger partial charge in [0, 0.05) is 59.5 Å². The lowest BCUT2D eigenvalue weighted by molar-refractivity contribution is -0.172. The summed E-state index contributed by atoms with van der Waals surface area (Å²) in [6.07, 6.45) is 4.37. The number of amides is 6. The fourth-order valence-corrected chi connectivity index (χ4v) is 10.1. The molecule has 0 aliphatic carbocycles. The minimum Gasteiger partial charge on any atom is -0.458 e. The molecule has 0 unspecified atom stereocenters. The number of imide groups is 1. The van der Waals surface area contributed by atoms with Crippen LogP contribution in [0.1, 0.15) is 69.2 Å². The number of aromatic nitrogens is 2. The first-order valence-corrected chi connectivity index (χ1v) is 28.3. The van der Waals surface area contributed by atoms with Crippen molar-refractivity contribution >= 4 is 75.8 Å². The van der Waals surface area contributed by atoms with Gasteiger partial charge in [0.05, 0.1) is 140 Å². The molecule has 5 N–H and O–H groups in total. The maximum atomic E-state index is 13.8. The van der Waals surface area contributed by atoms with Gasteiger partial charge in [-0.2, -0.15) is 0 Å². The Kier molecular flexibility index (Phi) is 24.1. The number of hydrogen-bond acceptors (Lipinski definition) is 20. The third kappa shape index (κ3) is 16.6. The second-order valence-electron chi connectivity index (χ2n) is 19.6. The third-order valence-electron chi connectivity index (χ3n) is 13.7. The normalized spacial score (nSPS) is 16.5. The number of nitrogens with zero attached hydrogens (tertiary/aromatic N) is 3. The average molecular weight is 1160 g/mol. The number of pyridine rings is 2. The van der Waals surface area contributed by atoms with E-state index in [2.05, 4.69) is 21.3 Å². The summed E-state index contributed by atoms with van der Waals surface area (Å²) in [7, 11) is 0.